The zero-order valence-electron chi connectivity index (χ0n) is 10.6. The van der Waals surface area contributed by atoms with E-state index in [-0.39, 0.29) is 6.04 Å². The Bertz CT molecular complexity index is 547. The summed E-state index contributed by atoms with van der Waals surface area (Å²) in [6, 6.07) is 4.70. The van der Waals surface area contributed by atoms with Crippen molar-refractivity contribution in [2.45, 2.75) is 44.7 Å². The molecule has 2 atom stereocenters. The van der Waals surface area contributed by atoms with Crippen LogP contribution in [0.3, 0.4) is 0 Å². The van der Waals surface area contributed by atoms with Gasteiger partial charge in [-0.3, -0.25) is 0 Å². The fourth-order valence-electron chi connectivity index (χ4n) is 2.69. The van der Waals surface area contributed by atoms with Crippen molar-refractivity contribution in [3.8, 4) is 0 Å². The van der Waals surface area contributed by atoms with Crippen LogP contribution in [0.5, 0.6) is 0 Å². The fourth-order valence-corrected chi connectivity index (χ4v) is 2.69. The van der Waals surface area contributed by atoms with Gasteiger partial charge in [-0.05, 0) is 37.5 Å². The van der Waals surface area contributed by atoms with Gasteiger partial charge in [-0.25, -0.2) is 4.98 Å². The second kappa shape index (κ2) is 4.57. The lowest BCUT2D eigenvalue weighted by Gasteiger charge is -2.30. The number of hydrogen-bond acceptors (Lipinski definition) is 4. The van der Waals surface area contributed by atoms with Crippen LogP contribution >= 0.6 is 0 Å². The molecule has 0 radical (unpaired) electrons. The number of aromatic nitrogens is 3. The van der Waals surface area contributed by atoms with Crippen molar-refractivity contribution in [1.82, 2.24) is 14.6 Å². The highest BCUT2D eigenvalue weighted by Gasteiger charge is 2.22. The highest BCUT2D eigenvalue weighted by atomic mass is 15.3. The Balaban J connectivity index is 1.91. The molecule has 1 aliphatic rings. The lowest BCUT2D eigenvalue weighted by atomic mass is 9.91. The zero-order valence-corrected chi connectivity index (χ0v) is 10.6. The number of fused-ring (bicyclic) bond motifs is 1. The van der Waals surface area contributed by atoms with E-state index in [1.54, 1.807) is 6.33 Å². The van der Waals surface area contributed by atoms with Crippen molar-refractivity contribution in [3.05, 3.63) is 24.0 Å². The molecule has 3 N–H and O–H groups in total. The lowest BCUT2D eigenvalue weighted by Crippen LogP contribution is -2.43. The summed E-state index contributed by atoms with van der Waals surface area (Å²) in [6.45, 7) is 2.07. The second-order valence-corrected chi connectivity index (χ2v) is 5.15. The molecule has 0 amide bonds. The average molecular weight is 245 g/mol. The summed E-state index contributed by atoms with van der Waals surface area (Å²) >= 11 is 0. The normalized spacial score (nSPS) is 24.3. The number of rotatable bonds is 2. The molecule has 18 heavy (non-hydrogen) atoms. The molecule has 2 aromatic rings. The number of nitrogens with zero attached hydrogens (tertiary/aromatic N) is 3. The molecule has 2 heterocycles. The molecule has 0 unspecified atom stereocenters. The number of pyridine rings is 1. The predicted molar refractivity (Wildman–Crippen MR) is 71.6 cm³/mol. The molecule has 1 saturated carbocycles. The Morgan fingerprint density at radius 2 is 2.17 bits per heavy atom. The molecule has 0 bridgehead atoms. The van der Waals surface area contributed by atoms with Crippen molar-refractivity contribution >= 4 is 11.5 Å². The molecular formula is C13H19N5. The van der Waals surface area contributed by atoms with Gasteiger partial charge in [-0.15, -0.1) is 0 Å². The maximum atomic E-state index is 6.18. The van der Waals surface area contributed by atoms with Gasteiger partial charge in [-0.2, -0.15) is 9.61 Å². The molecule has 0 aromatic carbocycles. The quantitative estimate of drug-likeness (QED) is 0.845. The SMILES string of the molecule is Cc1cc(N[C@@H]2CCCC[C@H]2N)n2ncnc2c1. The van der Waals surface area contributed by atoms with Crippen LogP contribution in [0.25, 0.3) is 5.65 Å². The third-order valence-electron chi connectivity index (χ3n) is 3.68. The first-order valence-corrected chi connectivity index (χ1v) is 6.56. The largest absolute Gasteiger partial charge is 0.366 e. The van der Waals surface area contributed by atoms with Crippen molar-refractivity contribution < 1.29 is 0 Å². The van der Waals surface area contributed by atoms with Gasteiger partial charge in [-0.1, -0.05) is 12.8 Å². The molecule has 2 aromatic heterocycles. The topological polar surface area (TPSA) is 68.2 Å². The van der Waals surface area contributed by atoms with E-state index >= 15 is 0 Å². The number of nitrogens with two attached hydrogens (primary N) is 1. The molecule has 5 nitrogen and oxygen atoms in total. The van der Waals surface area contributed by atoms with Crippen LogP contribution in [0.15, 0.2) is 18.5 Å². The second-order valence-electron chi connectivity index (χ2n) is 5.15. The van der Waals surface area contributed by atoms with E-state index in [9.17, 15) is 0 Å². The van der Waals surface area contributed by atoms with Gasteiger partial charge in [0.05, 0.1) is 0 Å². The maximum absolute atomic E-state index is 6.18. The van der Waals surface area contributed by atoms with E-state index in [1.807, 2.05) is 10.6 Å². The minimum absolute atomic E-state index is 0.234. The first kappa shape index (κ1) is 11.5. The van der Waals surface area contributed by atoms with Gasteiger partial charge in [0, 0.05) is 12.1 Å². The Hall–Kier alpha value is -1.62. The van der Waals surface area contributed by atoms with Gasteiger partial charge in [0.1, 0.15) is 12.1 Å². The molecule has 3 rings (SSSR count). The van der Waals surface area contributed by atoms with Crippen LogP contribution in [-0.2, 0) is 0 Å². The van der Waals surface area contributed by atoms with Gasteiger partial charge < -0.3 is 11.1 Å². The summed E-state index contributed by atoms with van der Waals surface area (Å²) in [6.07, 6.45) is 6.31. The van der Waals surface area contributed by atoms with E-state index in [2.05, 4.69) is 28.4 Å². The Labute approximate surface area is 106 Å². The van der Waals surface area contributed by atoms with E-state index in [1.165, 1.54) is 18.4 Å². The number of aryl methyl sites for hydroxylation is 1. The zero-order chi connectivity index (χ0) is 12.5. The highest BCUT2D eigenvalue weighted by molar-refractivity contribution is 5.51. The molecule has 0 saturated heterocycles. The summed E-state index contributed by atoms with van der Waals surface area (Å²) < 4.78 is 1.84. The molecule has 1 aliphatic carbocycles. The van der Waals surface area contributed by atoms with Crippen LogP contribution in [0.1, 0.15) is 31.2 Å². The Morgan fingerprint density at radius 3 is 3.00 bits per heavy atom. The van der Waals surface area contributed by atoms with Crippen molar-refractivity contribution in [2.24, 2.45) is 5.73 Å². The van der Waals surface area contributed by atoms with Crippen LogP contribution in [-0.4, -0.2) is 26.7 Å². The van der Waals surface area contributed by atoms with Gasteiger partial charge in [0.15, 0.2) is 5.65 Å². The Morgan fingerprint density at radius 1 is 1.33 bits per heavy atom. The highest BCUT2D eigenvalue weighted by Crippen LogP contribution is 2.22. The standard InChI is InChI=1S/C13H19N5/c1-9-6-12-15-8-16-18(12)13(7-9)17-11-5-3-2-4-10(11)14/h6-8,10-11,17H,2-5,14H2,1H3/t10-,11-/m1/s1. The number of hydrogen-bond donors (Lipinski definition) is 2. The molecule has 96 valence electrons. The smallest absolute Gasteiger partial charge is 0.157 e. The van der Waals surface area contributed by atoms with Gasteiger partial charge in [0.2, 0.25) is 0 Å². The third kappa shape index (κ3) is 2.06. The number of anilines is 1. The molecule has 0 aliphatic heterocycles. The first-order valence-electron chi connectivity index (χ1n) is 6.56. The van der Waals surface area contributed by atoms with E-state index < -0.39 is 0 Å². The van der Waals surface area contributed by atoms with Gasteiger partial charge >= 0.3 is 0 Å². The summed E-state index contributed by atoms with van der Waals surface area (Å²) in [5.74, 6) is 0.991. The summed E-state index contributed by atoms with van der Waals surface area (Å²) in [5.41, 5.74) is 8.24. The lowest BCUT2D eigenvalue weighted by molar-refractivity contribution is 0.403. The molecule has 1 fully saturated rings. The minimum Gasteiger partial charge on any atom is -0.366 e. The van der Waals surface area contributed by atoms with Crippen molar-refractivity contribution in [2.75, 3.05) is 5.32 Å². The maximum Gasteiger partial charge on any atom is 0.157 e. The molecule has 0 spiro atoms. The monoisotopic (exact) mass is 245 g/mol. The minimum atomic E-state index is 0.234. The van der Waals surface area contributed by atoms with Crippen LogP contribution in [0.4, 0.5) is 5.82 Å². The van der Waals surface area contributed by atoms with E-state index in [0.717, 1.165) is 24.3 Å². The number of nitrogens with one attached hydrogen (secondary N) is 1. The van der Waals surface area contributed by atoms with Crippen molar-refractivity contribution in [3.63, 3.8) is 0 Å². The van der Waals surface area contributed by atoms with Gasteiger partial charge in [0.25, 0.3) is 0 Å². The molecular weight excluding hydrogens is 226 g/mol. The van der Waals surface area contributed by atoms with Crippen molar-refractivity contribution in [1.29, 1.82) is 0 Å². The predicted octanol–water partition coefficient (Wildman–Crippen LogP) is 1.72. The summed E-state index contributed by atoms with van der Waals surface area (Å²) in [4.78, 5) is 4.23. The van der Waals surface area contributed by atoms with E-state index in [4.69, 9.17) is 5.73 Å². The van der Waals surface area contributed by atoms with Crippen LogP contribution < -0.4 is 11.1 Å². The van der Waals surface area contributed by atoms with Crippen LogP contribution in [0, 0.1) is 6.92 Å². The van der Waals surface area contributed by atoms with Crippen LogP contribution in [0.2, 0.25) is 0 Å². The Kier molecular flexibility index (Phi) is 2.91. The summed E-state index contributed by atoms with van der Waals surface area (Å²) in [5, 5.41) is 7.79. The fraction of sp³-hybridized carbons (Fsp3) is 0.538. The average Bonchev–Trinajstić information content (AvgIpc) is 2.80. The first-order chi connectivity index (χ1) is 8.74. The summed E-state index contributed by atoms with van der Waals surface area (Å²) in [7, 11) is 0. The third-order valence-corrected chi connectivity index (χ3v) is 3.68. The molecule has 5 heteroatoms. The van der Waals surface area contributed by atoms with E-state index in [0.29, 0.717) is 6.04 Å².